The lowest BCUT2D eigenvalue weighted by Gasteiger charge is -2.21. The number of allylic oxidation sites excluding steroid dienone is 1. The Morgan fingerprint density at radius 1 is 1.29 bits per heavy atom. The van der Waals surface area contributed by atoms with Crippen molar-refractivity contribution in [1.82, 2.24) is 0 Å². The largest absolute Gasteiger partial charge is 0.235 e. The highest BCUT2D eigenvalue weighted by Crippen LogP contribution is 2.28. The average molecular weight is 229 g/mol. The molecule has 0 heterocycles. The first kappa shape index (κ1) is 13.4. The predicted molar refractivity (Wildman–Crippen MR) is 71.5 cm³/mol. The third kappa shape index (κ3) is 3.40. The van der Waals surface area contributed by atoms with Crippen LogP contribution in [0.25, 0.3) is 6.08 Å². The van der Waals surface area contributed by atoms with Crippen LogP contribution in [0.4, 0.5) is 0 Å². The molecule has 0 saturated carbocycles. The zero-order valence-electron chi connectivity index (χ0n) is 10.7. The van der Waals surface area contributed by atoms with E-state index in [9.17, 15) is 4.79 Å². The van der Waals surface area contributed by atoms with Gasteiger partial charge in [0.05, 0.1) is 5.54 Å². The highest BCUT2D eigenvalue weighted by Gasteiger charge is 2.23. The van der Waals surface area contributed by atoms with Crippen molar-refractivity contribution in [3.8, 4) is 0 Å². The second kappa shape index (κ2) is 6.17. The van der Waals surface area contributed by atoms with Crippen LogP contribution in [-0.4, -0.2) is 6.08 Å². The molecule has 0 fully saturated rings. The molecular weight excluding hydrogens is 210 g/mol. The monoisotopic (exact) mass is 229 g/mol. The first-order valence-electron chi connectivity index (χ1n) is 6.02. The second-order valence-electron chi connectivity index (χ2n) is 4.26. The number of nitrogens with zero attached hydrogens (tertiary/aromatic N) is 1. The van der Waals surface area contributed by atoms with E-state index in [1.54, 1.807) is 6.08 Å². The maximum atomic E-state index is 10.5. The summed E-state index contributed by atoms with van der Waals surface area (Å²) >= 11 is 0. The minimum atomic E-state index is -0.450. The first-order chi connectivity index (χ1) is 8.16. The molecule has 0 spiro atoms. The van der Waals surface area contributed by atoms with Crippen LogP contribution in [0, 0.1) is 0 Å². The SMILES string of the molecule is CCC=Cc1ccc(C(C)(CC)N=C=O)cc1. The van der Waals surface area contributed by atoms with Crippen LogP contribution in [0.1, 0.15) is 44.7 Å². The average Bonchev–Trinajstić information content (AvgIpc) is 2.37. The predicted octanol–water partition coefficient (Wildman–Crippen LogP) is 4.07. The lowest BCUT2D eigenvalue weighted by Crippen LogP contribution is -2.17. The van der Waals surface area contributed by atoms with E-state index >= 15 is 0 Å². The Morgan fingerprint density at radius 2 is 1.94 bits per heavy atom. The summed E-state index contributed by atoms with van der Waals surface area (Å²) < 4.78 is 0. The fraction of sp³-hybridized carbons (Fsp3) is 0.400. The fourth-order valence-electron chi connectivity index (χ4n) is 1.66. The maximum Gasteiger partial charge on any atom is 0.235 e. The number of aliphatic imine (C=N–C) groups is 1. The second-order valence-corrected chi connectivity index (χ2v) is 4.26. The summed E-state index contributed by atoms with van der Waals surface area (Å²) in [4.78, 5) is 14.4. The third-order valence-corrected chi connectivity index (χ3v) is 3.06. The summed E-state index contributed by atoms with van der Waals surface area (Å²) in [5.74, 6) is 0. The standard InChI is InChI=1S/C15H19NO/c1-4-6-7-13-8-10-14(11-9-13)15(3,5-2)16-12-17/h6-11H,4-5H2,1-3H3. The third-order valence-electron chi connectivity index (χ3n) is 3.06. The van der Waals surface area contributed by atoms with Gasteiger partial charge in [0.1, 0.15) is 0 Å². The molecule has 1 aromatic carbocycles. The molecule has 2 nitrogen and oxygen atoms in total. The van der Waals surface area contributed by atoms with Crippen LogP contribution in [-0.2, 0) is 10.3 Å². The minimum Gasteiger partial charge on any atom is -0.211 e. The Hall–Kier alpha value is -1.66. The molecule has 1 atom stereocenters. The molecule has 1 rings (SSSR count). The van der Waals surface area contributed by atoms with E-state index in [1.807, 2.05) is 26.0 Å². The zero-order valence-corrected chi connectivity index (χ0v) is 10.7. The maximum absolute atomic E-state index is 10.5. The molecule has 0 radical (unpaired) electrons. The van der Waals surface area contributed by atoms with Crippen molar-refractivity contribution in [2.24, 2.45) is 4.99 Å². The van der Waals surface area contributed by atoms with E-state index in [0.717, 1.165) is 18.4 Å². The molecule has 0 N–H and O–H groups in total. The Kier molecular flexibility index (Phi) is 4.86. The quantitative estimate of drug-likeness (QED) is 0.552. The number of hydrogen-bond donors (Lipinski definition) is 0. The van der Waals surface area contributed by atoms with E-state index in [1.165, 1.54) is 5.56 Å². The van der Waals surface area contributed by atoms with Crippen molar-refractivity contribution in [1.29, 1.82) is 0 Å². The van der Waals surface area contributed by atoms with Gasteiger partial charge in [-0.25, -0.2) is 4.79 Å². The molecule has 17 heavy (non-hydrogen) atoms. The minimum absolute atomic E-state index is 0.450. The van der Waals surface area contributed by atoms with Crippen LogP contribution in [0.15, 0.2) is 35.3 Å². The summed E-state index contributed by atoms with van der Waals surface area (Å²) in [5.41, 5.74) is 1.77. The summed E-state index contributed by atoms with van der Waals surface area (Å²) in [6.07, 6.45) is 7.70. The van der Waals surface area contributed by atoms with Gasteiger partial charge in [-0.15, -0.1) is 0 Å². The number of carbonyl (C=O) groups excluding carboxylic acids is 1. The van der Waals surface area contributed by atoms with Gasteiger partial charge in [-0.05, 0) is 30.9 Å². The zero-order chi connectivity index (χ0) is 12.7. The summed E-state index contributed by atoms with van der Waals surface area (Å²) in [6, 6.07) is 8.16. The van der Waals surface area contributed by atoms with Gasteiger partial charge in [0.2, 0.25) is 6.08 Å². The molecule has 2 heteroatoms. The molecule has 0 aromatic heterocycles. The van der Waals surface area contributed by atoms with Gasteiger partial charge in [-0.1, -0.05) is 50.3 Å². The molecule has 0 bridgehead atoms. The molecule has 0 saturated heterocycles. The van der Waals surface area contributed by atoms with Crippen molar-refractivity contribution in [2.45, 2.75) is 39.2 Å². The van der Waals surface area contributed by atoms with Crippen LogP contribution < -0.4 is 0 Å². The highest BCUT2D eigenvalue weighted by molar-refractivity contribution is 5.50. The molecule has 90 valence electrons. The molecular formula is C15H19NO. The summed E-state index contributed by atoms with van der Waals surface area (Å²) in [6.45, 7) is 6.08. The van der Waals surface area contributed by atoms with Gasteiger partial charge in [-0.3, -0.25) is 0 Å². The molecule has 0 amide bonds. The first-order valence-corrected chi connectivity index (χ1v) is 6.02. The van der Waals surface area contributed by atoms with Crippen molar-refractivity contribution < 1.29 is 4.79 Å². The Bertz CT molecular complexity index is 427. The number of rotatable bonds is 5. The van der Waals surface area contributed by atoms with Crippen molar-refractivity contribution in [3.05, 3.63) is 41.5 Å². The molecule has 1 unspecified atom stereocenters. The van der Waals surface area contributed by atoms with E-state index in [-0.39, 0.29) is 0 Å². The molecule has 0 aliphatic carbocycles. The fourth-order valence-corrected chi connectivity index (χ4v) is 1.66. The number of hydrogen-bond acceptors (Lipinski definition) is 2. The van der Waals surface area contributed by atoms with E-state index < -0.39 is 5.54 Å². The van der Waals surface area contributed by atoms with Crippen LogP contribution in [0.2, 0.25) is 0 Å². The molecule has 1 aromatic rings. The smallest absolute Gasteiger partial charge is 0.211 e. The summed E-state index contributed by atoms with van der Waals surface area (Å²) in [5, 5.41) is 0. The van der Waals surface area contributed by atoms with Gasteiger partial charge in [0.25, 0.3) is 0 Å². The highest BCUT2D eigenvalue weighted by atomic mass is 16.1. The number of benzene rings is 1. The Labute approximate surface area is 103 Å². The van der Waals surface area contributed by atoms with Gasteiger partial charge >= 0.3 is 0 Å². The lowest BCUT2D eigenvalue weighted by atomic mass is 9.89. The van der Waals surface area contributed by atoms with Gasteiger partial charge < -0.3 is 0 Å². The van der Waals surface area contributed by atoms with Crippen molar-refractivity contribution >= 4 is 12.2 Å². The van der Waals surface area contributed by atoms with Crippen LogP contribution in [0.3, 0.4) is 0 Å². The van der Waals surface area contributed by atoms with Gasteiger partial charge in [0.15, 0.2) is 0 Å². The Balaban J connectivity index is 3.00. The molecule has 0 aliphatic heterocycles. The van der Waals surface area contributed by atoms with Crippen LogP contribution in [0.5, 0.6) is 0 Å². The van der Waals surface area contributed by atoms with E-state index in [4.69, 9.17) is 0 Å². The normalized spacial score (nSPS) is 14.3. The molecule has 0 aliphatic rings. The number of isocyanates is 1. The van der Waals surface area contributed by atoms with Gasteiger partial charge in [-0.2, -0.15) is 4.99 Å². The van der Waals surface area contributed by atoms with Crippen molar-refractivity contribution in [3.63, 3.8) is 0 Å². The topological polar surface area (TPSA) is 29.4 Å². The summed E-state index contributed by atoms with van der Waals surface area (Å²) in [7, 11) is 0. The van der Waals surface area contributed by atoms with Gasteiger partial charge in [0, 0.05) is 0 Å². The van der Waals surface area contributed by atoms with E-state index in [2.05, 4.69) is 36.2 Å². The van der Waals surface area contributed by atoms with E-state index in [0.29, 0.717) is 0 Å². The van der Waals surface area contributed by atoms with Crippen LogP contribution >= 0.6 is 0 Å². The van der Waals surface area contributed by atoms with Crippen molar-refractivity contribution in [2.75, 3.05) is 0 Å². The Morgan fingerprint density at radius 3 is 2.41 bits per heavy atom. The lowest BCUT2D eigenvalue weighted by molar-refractivity contribution is 0.469.